The molecule has 1 saturated carbocycles. The van der Waals surface area contributed by atoms with E-state index >= 15 is 0 Å². The molecule has 29 heavy (non-hydrogen) atoms. The van der Waals surface area contributed by atoms with Crippen LogP contribution < -0.4 is 5.32 Å². The van der Waals surface area contributed by atoms with Gasteiger partial charge in [-0.1, -0.05) is 42.2 Å². The van der Waals surface area contributed by atoms with E-state index in [4.69, 9.17) is 27.7 Å². The number of hydrogen-bond acceptors (Lipinski definition) is 6. The molecule has 5 rings (SSSR count). The Kier molecular flexibility index (Phi) is 4.28. The minimum absolute atomic E-state index is 0.0221. The average molecular weight is 439 g/mol. The Morgan fingerprint density at radius 1 is 1.38 bits per heavy atom. The lowest BCUT2D eigenvalue weighted by Crippen LogP contribution is -2.62. The van der Waals surface area contributed by atoms with E-state index in [1.54, 1.807) is 10.7 Å². The summed E-state index contributed by atoms with van der Waals surface area (Å²) >= 11 is 12.1. The van der Waals surface area contributed by atoms with E-state index in [-0.39, 0.29) is 28.7 Å². The van der Waals surface area contributed by atoms with Gasteiger partial charge in [0.2, 0.25) is 5.91 Å². The largest absolute Gasteiger partial charge is 0.341 e. The van der Waals surface area contributed by atoms with Crippen molar-refractivity contribution < 1.29 is 9.32 Å². The molecule has 0 bridgehead atoms. The van der Waals surface area contributed by atoms with Gasteiger partial charge in [0.05, 0.1) is 0 Å². The van der Waals surface area contributed by atoms with E-state index in [0.717, 1.165) is 32.6 Å². The summed E-state index contributed by atoms with van der Waals surface area (Å²) in [6.07, 6.45) is 0.989. The van der Waals surface area contributed by atoms with Crippen molar-refractivity contribution in [3.05, 3.63) is 28.1 Å². The van der Waals surface area contributed by atoms with Crippen LogP contribution in [0.25, 0.3) is 0 Å². The number of carbonyl (C=O) groups excluding carboxylic acids is 1. The van der Waals surface area contributed by atoms with Gasteiger partial charge in [0.1, 0.15) is 11.2 Å². The third kappa shape index (κ3) is 3.07. The fourth-order valence-electron chi connectivity index (χ4n) is 4.76. The van der Waals surface area contributed by atoms with Crippen LogP contribution >= 0.6 is 23.2 Å². The van der Waals surface area contributed by atoms with E-state index < -0.39 is 0 Å². The second-order valence-electron chi connectivity index (χ2n) is 9.39. The van der Waals surface area contributed by atoms with Gasteiger partial charge < -0.3 is 14.7 Å². The van der Waals surface area contributed by atoms with E-state index in [1.165, 1.54) is 0 Å². The number of nitrogens with one attached hydrogen (secondary N) is 1. The Bertz CT molecular complexity index is 964. The maximum absolute atomic E-state index is 12.7. The molecule has 2 aliphatic heterocycles. The van der Waals surface area contributed by atoms with Crippen LogP contribution in [0.2, 0.25) is 10.3 Å². The highest BCUT2D eigenvalue weighted by Crippen LogP contribution is 2.54. The number of carbonyl (C=O) groups is 1. The first kappa shape index (κ1) is 19.3. The lowest BCUT2D eigenvalue weighted by Gasteiger charge is -2.50. The van der Waals surface area contributed by atoms with Crippen LogP contribution in [0.5, 0.6) is 0 Å². The zero-order valence-corrected chi connectivity index (χ0v) is 18.2. The molecule has 0 radical (unpaired) electrons. The van der Waals surface area contributed by atoms with E-state index in [2.05, 4.69) is 34.4 Å². The van der Waals surface area contributed by atoms with Crippen molar-refractivity contribution in [1.29, 1.82) is 0 Å². The first-order valence-electron chi connectivity index (χ1n) is 9.94. The van der Waals surface area contributed by atoms with Crippen LogP contribution in [0, 0.1) is 16.7 Å². The maximum Gasteiger partial charge on any atom is 0.251 e. The summed E-state index contributed by atoms with van der Waals surface area (Å²) in [4.78, 5) is 19.3. The molecule has 3 atom stereocenters. The van der Waals surface area contributed by atoms with E-state index in [9.17, 15) is 4.79 Å². The molecule has 10 heteroatoms. The van der Waals surface area contributed by atoms with Crippen LogP contribution in [0.1, 0.15) is 50.9 Å². The predicted molar refractivity (Wildman–Crippen MR) is 107 cm³/mol. The molecule has 2 aromatic heterocycles. The third-order valence-corrected chi connectivity index (χ3v) is 7.32. The van der Waals surface area contributed by atoms with Gasteiger partial charge in [0.25, 0.3) is 5.89 Å². The molecule has 2 saturated heterocycles. The van der Waals surface area contributed by atoms with Gasteiger partial charge in [-0.3, -0.25) is 4.79 Å². The second-order valence-corrected chi connectivity index (χ2v) is 10.2. The predicted octanol–water partition coefficient (Wildman–Crippen LogP) is 2.74. The molecule has 1 amide bonds. The van der Waals surface area contributed by atoms with E-state index in [1.807, 2.05) is 11.8 Å². The molecule has 3 fully saturated rings. The SMILES string of the molecule is CC(c1nc(C2CNCC23CN(C(=O)C2CC2(C)C)C3)no1)n1nc(Cl)cc1Cl. The summed E-state index contributed by atoms with van der Waals surface area (Å²) < 4.78 is 7.10. The minimum Gasteiger partial charge on any atom is -0.341 e. The third-order valence-electron chi connectivity index (χ3n) is 6.85. The van der Waals surface area contributed by atoms with Crippen LogP contribution in [-0.2, 0) is 4.79 Å². The van der Waals surface area contributed by atoms with Crippen molar-refractivity contribution in [2.75, 3.05) is 26.2 Å². The Morgan fingerprint density at radius 3 is 2.72 bits per heavy atom. The number of nitrogens with zero attached hydrogens (tertiary/aromatic N) is 5. The highest BCUT2D eigenvalue weighted by molar-refractivity contribution is 6.33. The van der Waals surface area contributed by atoms with Crippen molar-refractivity contribution in [3.8, 4) is 0 Å². The molecule has 1 aliphatic carbocycles. The Hall–Kier alpha value is -1.64. The summed E-state index contributed by atoms with van der Waals surface area (Å²) in [6, 6.07) is 1.26. The Morgan fingerprint density at radius 2 is 2.10 bits per heavy atom. The minimum atomic E-state index is -0.321. The molecule has 1 N–H and O–H groups in total. The quantitative estimate of drug-likeness (QED) is 0.788. The number of halogens is 2. The van der Waals surface area contributed by atoms with Gasteiger partial charge >= 0.3 is 0 Å². The Balaban J connectivity index is 1.30. The molecular formula is C19H24Cl2N6O2. The first-order valence-corrected chi connectivity index (χ1v) is 10.7. The maximum atomic E-state index is 12.7. The second kappa shape index (κ2) is 6.43. The van der Waals surface area contributed by atoms with Crippen molar-refractivity contribution >= 4 is 29.1 Å². The summed E-state index contributed by atoms with van der Waals surface area (Å²) in [5.41, 5.74) is 0.133. The zero-order chi connectivity index (χ0) is 20.6. The van der Waals surface area contributed by atoms with Crippen molar-refractivity contribution in [3.63, 3.8) is 0 Å². The van der Waals surface area contributed by atoms with Gasteiger partial charge in [-0.2, -0.15) is 10.1 Å². The molecule has 0 aromatic carbocycles. The summed E-state index contributed by atoms with van der Waals surface area (Å²) in [6.45, 7) is 9.33. The van der Waals surface area contributed by atoms with Gasteiger partial charge in [-0.25, -0.2) is 4.68 Å². The number of amides is 1. The molecule has 4 heterocycles. The van der Waals surface area contributed by atoms with Crippen LogP contribution in [0.4, 0.5) is 0 Å². The molecule has 8 nitrogen and oxygen atoms in total. The summed E-state index contributed by atoms with van der Waals surface area (Å²) in [5.74, 6) is 1.69. The lowest BCUT2D eigenvalue weighted by atomic mass is 9.71. The van der Waals surface area contributed by atoms with Gasteiger partial charge in [-0.15, -0.1) is 0 Å². The lowest BCUT2D eigenvalue weighted by molar-refractivity contribution is -0.145. The number of rotatable bonds is 4. The number of hydrogen-bond donors (Lipinski definition) is 1. The van der Waals surface area contributed by atoms with Crippen molar-refractivity contribution in [2.24, 2.45) is 16.7 Å². The van der Waals surface area contributed by atoms with Crippen molar-refractivity contribution in [1.82, 2.24) is 30.1 Å². The van der Waals surface area contributed by atoms with Gasteiger partial charge in [-0.05, 0) is 18.8 Å². The topological polar surface area (TPSA) is 89.1 Å². The molecule has 1 spiro atoms. The summed E-state index contributed by atoms with van der Waals surface area (Å²) in [7, 11) is 0. The van der Waals surface area contributed by atoms with Gasteiger partial charge in [0, 0.05) is 49.5 Å². The van der Waals surface area contributed by atoms with Crippen LogP contribution in [0.15, 0.2) is 10.6 Å². The number of likely N-dealkylation sites (tertiary alicyclic amines) is 1. The Labute approximate surface area is 178 Å². The van der Waals surface area contributed by atoms with Crippen molar-refractivity contribution in [2.45, 2.75) is 39.2 Å². The molecule has 2 aromatic rings. The molecule has 156 valence electrons. The van der Waals surface area contributed by atoms with Gasteiger partial charge in [0.15, 0.2) is 11.0 Å². The van der Waals surface area contributed by atoms with Crippen LogP contribution in [0.3, 0.4) is 0 Å². The zero-order valence-electron chi connectivity index (χ0n) is 16.7. The average Bonchev–Trinajstić information content (AvgIpc) is 3.09. The molecule has 3 aliphatic rings. The highest BCUT2D eigenvalue weighted by Gasteiger charge is 2.59. The fourth-order valence-corrected chi connectivity index (χ4v) is 5.29. The summed E-state index contributed by atoms with van der Waals surface area (Å²) in [5, 5.41) is 12.6. The first-order chi connectivity index (χ1) is 13.7. The van der Waals surface area contributed by atoms with E-state index in [0.29, 0.717) is 27.9 Å². The monoisotopic (exact) mass is 438 g/mol. The van der Waals surface area contributed by atoms with Crippen LogP contribution in [-0.4, -0.2) is 56.9 Å². The fraction of sp³-hybridized carbons (Fsp3) is 0.684. The number of aromatic nitrogens is 4. The normalized spacial score (nSPS) is 27.8. The molecular weight excluding hydrogens is 415 g/mol. The smallest absolute Gasteiger partial charge is 0.251 e. The standard InChI is InChI=1S/C19H24Cl2N6O2/c1-10(27-14(21)4-13(20)24-27)16-23-15(25-29-16)12-6-22-7-19(12)8-26(9-19)17(28)11-5-18(11,2)3/h4,10-12,22H,5-9H2,1-3H3. The molecule has 3 unspecified atom stereocenters. The highest BCUT2D eigenvalue weighted by atomic mass is 35.5.